The van der Waals surface area contributed by atoms with Crippen LogP contribution in [0, 0.1) is 12.3 Å². The first-order valence-electron chi connectivity index (χ1n) is 4.77. The Balaban J connectivity index is 2.91. The van der Waals surface area contributed by atoms with E-state index in [1.54, 1.807) is 31.3 Å². The van der Waals surface area contributed by atoms with E-state index < -0.39 is 12.2 Å². The zero-order valence-corrected chi connectivity index (χ0v) is 8.64. The van der Waals surface area contributed by atoms with E-state index >= 15 is 0 Å². The van der Waals surface area contributed by atoms with E-state index in [1.807, 2.05) is 0 Å². The molecule has 0 radical (unpaired) electrons. The third-order valence-corrected chi connectivity index (χ3v) is 2.21. The van der Waals surface area contributed by atoms with Crippen LogP contribution in [0.25, 0.3) is 0 Å². The summed E-state index contributed by atoms with van der Waals surface area (Å²) in [7, 11) is 1.71. The Morgan fingerprint density at radius 2 is 2.07 bits per heavy atom. The van der Waals surface area contributed by atoms with Crippen LogP contribution in [-0.4, -0.2) is 29.9 Å². The smallest absolute Gasteiger partial charge is 0.107 e. The maximum absolute atomic E-state index is 9.85. The van der Waals surface area contributed by atoms with Gasteiger partial charge in [0, 0.05) is 12.1 Å². The first-order valence-corrected chi connectivity index (χ1v) is 4.77. The highest BCUT2D eigenvalue weighted by Gasteiger charge is 2.19. The minimum absolute atomic E-state index is 0.320. The van der Waals surface area contributed by atoms with Gasteiger partial charge in [-0.1, -0.05) is 24.1 Å². The molecule has 0 aliphatic rings. The van der Waals surface area contributed by atoms with Crippen LogP contribution >= 0.6 is 0 Å². The third kappa shape index (κ3) is 2.80. The van der Waals surface area contributed by atoms with Crippen molar-refractivity contribution < 1.29 is 10.2 Å². The Labute approximate surface area is 89.8 Å². The number of hydrogen-bond donors (Lipinski definition) is 3. The SMILES string of the molecule is C#Cc1ccccc1C(O)C(O)CNC. The molecule has 2 unspecified atom stereocenters. The second-order valence-electron chi connectivity index (χ2n) is 3.30. The van der Waals surface area contributed by atoms with Crippen molar-refractivity contribution in [2.75, 3.05) is 13.6 Å². The molecule has 0 aliphatic carbocycles. The number of aliphatic hydroxyl groups excluding tert-OH is 2. The van der Waals surface area contributed by atoms with Crippen LogP contribution in [0.3, 0.4) is 0 Å². The van der Waals surface area contributed by atoms with Crippen LogP contribution in [0.1, 0.15) is 17.2 Å². The minimum Gasteiger partial charge on any atom is -0.389 e. The number of aliphatic hydroxyl groups is 2. The monoisotopic (exact) mass is 205 g/mol. The van der Waals surface area contributed by atoms with Gasteiger partial charge in [0.25, 0.3) is 0 Å². The van der Waals surface area contributed by atoms with Gasteiger partial charge in [-0.25, -0.2) is 0 Å². The molecule has 3 heteroatoms. The second-order valence-corrected chi connectivity index (χ2v) is 3.30. The van der Waals surface area contributed by atoms with Crippen molar-refractivity contribution in [2.45, 2.75) is 12.2 Å². The molecule has 0 saturated heterocycles. The minimum atomic E-state index is -0.954. The Kier molecular flexibility index (Phi) is 4.32. The maximum Gasteiger partial charge on any atom is 0.107 e. The predicted octanol–water partition coefficient (Wildman–Crippen LogP) is 0.282. The number of rotatable bonds is 4. The molecule has 0 aromatic heterocycles. The normalized spacial score (nSPS) is 14.3. The van der Waals surface area contributed by atoms with Gasteiger partial charge in [0.05, 0.1) is 6.10 Å². The molecule has 3 nitrogen and oxygen atoms in total. The molecule has 0 aliphatic heterocycles. The number of terminal acetylenes is 1. The Bertz CT molecular complexity index is 357. The van der Waals surface area contributed by atoms with Crippen LogP contribution in [-0.2, 0) is 0 Å². The van der Waals surface area contributed by atoms with Crippen molar-refractivity contribution in [1.82, 2.24) is 5.32 Å². The average molecular weight is 205 g/mol. The number of benzene rings is 1. The molecular weight excluding hydrogens is 190 g/mol. The Hall–Kier alpha value is -1.34. The molecule has 0 fully saturated rings. The van der Waals surface area contributed by atoms with Gasteiger partial charge in [0.2, 0.25) is 0 Å². The molecule has 1 aromatic rings. The standard InChI is InChI=1S/C12H15NO2/c1-3-9-6-4-5-7-10(9)12(15)11(14)8-13-2/h1,4-7,11-15H,8H2,2H3. The lowest BCUT2D eigenvalue weighted by atomic mass is 9.99. The van der Waals surface area contributed by atoms with Gasteiger partial charge >= 0.3 is 0 Å². The first kappa shape index (κ1) is 11.7. The number of likely N-dealkylation sites (N-methyl/N-ethyl adjacent to an activating group) is 1. The first-order chi connectivity index (χ1) is 7.20. The van der Waals surface area contributed by atoms with Crippen LogP contribution in [0.4, 0.5) is 0 Å². The Morgan fingerprint density at radius 1 is 1.40 bits per heavy atom. The summed E-state index contributed by atoms with van der Waals surface area (Å²) in [5, 5.41) is 22.3. The highest BCUT2D eigenvalue weighted by Crippen LogP contribution is 2.20. The lowest BCUT2D eigenvalue weighted by molar-refractivity contribution is 0.0201. The fraction of sp³-hybridized carbons (Fsp3) is 0.333. The highest BCUT2D eigenvalue weighted by atomic mass is 16.3. The molecule has 1 aromatic carbocycles. The summed E-state index contributed by atoms with van der Waals surface area (Å²) in [6.07, 6.45) is 3.49. The molecule has 0 spiro atoms. The Morgan fingerprint density at radius 3 is 2.67 bits per heavy atom. The topological polar surface area (TPSA) is 52.5 Å². The van der Waals surface area contributed by atoms with E-state index in [4.69, 9.17) is 6.42 Å². The highest BCUT2D eigenvalue weighted by molar-refractivity contribution is 5.41. The molecule has 0 amide bonds. The van der Waals surface area contributed by atoms with Gasteiger partial charge in [-0.2, -0.15) is 0 Å². The van der Waals surface area contributed by atoms with E-state index in [2.05, 4.69) is 11.2 Å². The molecule has 2 atom stereocenters. The summed E-state index contributed by atoms with van der Waals surface area (Å²) in [6, 6.07) is 7.05. The molecule has 0 saturated carbocycles. The van der Waals surface area contributed by atoms with E-state index in [-0.39, 0.29) is 0 Å². The van der Waals surface area contributed by atoms with Gasteiger partial charge in [-0.3, -0.25) is 0 Å². The summed E-state index contributed by atoms with van der Waals surface area (Å²) >= 11 is 0. The summed E-state index contributed by atoms with van der Waals surface area (Å²) in [5.74, 6) is 2.48. The lowest BCUT2D eigenvalue weighted by Gasteiger charge is -2.18. The van der Waals surface area contributed by atoms with E-state index in [0.29, 0.717) is 17.7 Å². The third-order valence-electron chi connectivity index (χ3n) is 2.21. The zero-order valence-electron chi connectivity index (χ0n) is 8.64. The van der Waals surface area contributed by atoms with Crippen LogP contribution in [0.2, 0.25) is 0 Å². The van der Waals surface area contributed by atoms with Gasteiger partial charge in [0.1, 0.15) is 6.10 Å². The van der Waals surface area contributed by atoms with Crippen molar-refractivity contribution in [3.8, 4) is 12.3 Å². The van der Waals surface area contributed by atoms with Crippen LogP contribution in [0.15, 0.2) is 24.3 Å². The summed E-state index contributed by atoms with van der Waals surface area (Å²) in [6.45, 7) is 0.320. The molecule has 0 bridgehead atoms. The average Bonchev–Trinajstić information content (AvgIpc) is 2.28. The summed E-state index contributed by atoms with van der Waals surface area (Å²) < 4.78 is 0. The summed E-state index contributed by atoms with van der Waals surface area (Å²) in [4.78, 5) is 0. The maximum atomic E-state index is 9.85. The molecule has 1 rings (SSSR count). The summed E-state index contributed by atoms with van der Waals surface area (Å²) in [5.41, 5.74) is 1.20. The quantitative estimate of drug-likeness (QED) is 0.619. The van der Waals surface area contributed by atoms with E-state index in [9.17, 15) is 10.2 Å². The van der Waals surface area contributed by atoms with Gasteiger partial charge in [-0.05, 0) is 18.7 Å². The molecule has 3 N–H and O–H groups in total. The van der Waals surface area contributed by atoms with Crippen LogP contribution in [0.5, 0.6) is 0 Å². The molecule has 0 heterocycles. The van der Waals surface area contributed by atoms with Gasteiger partial charge in [0.15, 0.2) is 0 Å². The largest absolute Gasteiger partial charge is 0.389 e. The van der Waals surface area contributed by atoms with Crippen molar-refractivity contribution in [2.24, 2.45) is 0 Å². The fourth-order valence-electron chi connectivity index (χ4n) is 1.41. The molecular formula is C12H15NO2. The number of nitrogens with one attached hydrogen (secondary N) is 1. The van der Waals surface area contributed by atoms with E-state index in [1.165, 1.54) is 0 Å². The van der Waals surface area contributed by atoms with Crippen LogP contribution < -0.4 is 5.32 Å². The van der Waals surface area contributed by atoms with Crippen molar-refractivity contribution in [3.63, 3.8) is 0 Å². The fourth-order valence-corrected chi connectivity index (χ4v) is 1.41. The lowest BCUT2D eigenvalue weighted by Crippen LogP contribution is -2.29. The molecule has 15 heavy (non-hydrogen) atoms. The van der Waals surface area contributed by atoms with Crippen molar-refractivity contribution in [3.05, 3.63) is 35.4 Å². The van der Waals surface area contributed by atoms with Crippen molar-refractivity contribution in [1.29, 1.82) is 0 Å². The van der Waals surface area contributed by atoms with E-state index in [0.717, 1.165) is 0 Å². The molecule has 80 valence electrons. The zero-order chi connectivity index (χ0) is 11.3. The second kappa shape index (κ2) is 5.52. The van der Waals surface area contributed by atoms with Gasteiger partial charge < -0.3 is 15.5 Å². The predicted molar refractivity (Wildman–Crippen MR) is 59.3 cm³/mol. The number of hydrogen-bond acceptors (Lipinski definition) is 3. The van der Waals surface area contributed by atoms with Crippen molar-refractivity contribution >= 4 is 0 Å². The van der Waals surface area contributed by atoms with Gasteiger partial charge in [-0.15, -0.1) is 6.42 Å².